The maximum absolute atomic E-state index is 6.03. The molecule has 0 bridgehead atoms. The second kappa shape index (κ2) is 5.25. The molecule has 1 N–H and O–H groups in total. The number of furan rings is 1. The Morgan fingerprint density at radius 3 is 2.89 bits per heavy atom. The monoisotopic (exact) mass is 259 g/mol. The highest BCUT2D eigenvalue weighted by Crippen LogP contribution is 2.31. The third-order valence-electron chi connectivity index (χ3n) is 3.71. The number of nitrogens with one attached hydrogen (secondary N) is 1. The van der Waals surface area contributed by atoms with Crippen molar-refractivity contribution in [1.82, 2.24) is 5.32 Å². The minimum absolute atomic E-state index is 0.706. The van der Waals surface area contributed by atoms with Crippen molar-refractivity contribution in [3.63, 3.8) is 0 Å². The SMILES string of the molecule is CCCc1c(CNC2CC2)oc2cc(OC)ccc12. The van der Waals surface area contributed by atoms with E-state index in [1.807, 2.05) is 12.1 Å². The van der Waals surface area contributed by atoms with E-state index in [4.69, 9.17) is 9.15 Å². The van der Waals surface area contributed by atoms with Crippen molar-refractivity contribution in [3.05, 3.63) is 29.5 Å². The predicted octanol–water partition coefficient (Wildman–Crippen LogP) is 3.65. The smallest absolute Gasteiger partial charge is 0.138 e. The molecule has 0 amide bonds. The summed E-state index contributed by atoms with van der Waals surface area (Å²) in [4.78, 5) is 0. The van der Waals surface area contributed by atoms with Gasteiger partial charge in [-0.15, -0.1) is 0 Å². The minimum Gasteiger partial charge on any atom is -0.497 e. The lowest BCUT2D eigenvalue weighted by Gasteiger charge is -2.03. The van der Waals surface area contributed by atoms with Gasteiger partial charge in [-0.2, -0.15) is 0 Å². The Hall–Kier alpha value is -1.48. The maximum atomic E-state index is 6.03. The van der Waals surface area contributed by atoms with Crippen molar-refractivity contribution in [1.29, 1.82) is 0 Å². The van der Waals surface area contributed by atoms with Gasteiger partial charge in [-0.3, -0.25) is 0 Å². The molecular weight excluding hydrogens is 238 g/mol. The lowest BCUT2D eigenvalue weighted by atomic mass is 10.1. The summed E-state index contributed by atoms with van der Waals surface area (Å²) in [6.07, 6.45) is 4.81. The van der Waals surface area contributed by atoms with Crippen LogP contribution in [0.2, 0.25) is 0 Å². The Morgan fingerprint density at radius 1 is 1.37 bits per heavy atom. The van der Waals surface area contributed by atoms with E-state index in [9.17, 15) is 0 Å². The molecule has 1 aromatic heterocycles. The summed E-state index contributed by atoms with van der Waals surface area (Å²) >= 11 is 0. The zero-order chi connectivity index (χ0) is 13.2. The second-order valence-corrected chi connectivity index (χ2v) is 5.27. The third kappa shape index (κ3) is 2.61. The summed E-state index contributed by atoms with van der Waals surface area (Å²) in [5.74, 6) is 1.95. The van der Waals surface area contributed by atoms with Gasteiger partial charge in [0.1, 0.15) is 17.1 Å². The zero-order valence-corrected chi connectivity index (χ0v) is 11.7. The standard InChI is InChI=1S/C16H21NO2/c1-3-4-13-14-8-7-12(18-2)9-15(14)19-16(13)10-17-11-5-6-11/h7-9,11,17H,3-6,10H2,1-2H3. The summed E-state index contributed by atoms with van der Waals surface area (Å²) in [5.41, 5.74) is 2.30. The van der Waals surface area contributed by atoms with Crippen LogP contribution >= 0.6 is 0 Å². The number of ether oxygens (including phenoxy) is 1. The molecule has 1 fully saturated rings. The molecule has 3 rings (SSSR count). The van der Waals surface area contributed by atoms with Crippen LogP contribution in [0.25, 0.3) is 11.0 Å². The molecule has 0 atom stereocenters. The van der Waals surface area contributed by atoms with Crippen molar-refractivity contribution in [3.8, 4) is 5.75 Å². The van der Waals surface area contributed by atoms with Crippen LogP contribution in [0.3, 0.4) is 0 Å². The molecule has 0 unspecified atom stereocenters. The van der Waals surface area contributed by atoms with E-state index in [-0.39, 0.29) is 0 Å². The van der Waals surface area contributed by atoms with Gasteiger partial charge in [-0.05, 0) is 31.4 Å². The molecule has 19 heavy (non-hydrogen) atoms. The third-order valence-corrected chi connectivity index (χ3v) is 3.71. The van der Waals surface area contributed by atoms with E-state index < -0.39 is 0 Å². The molecule has 0 radical (unpaired) electrons. The number of fused-ring (bicyclic) bond motifs is 1. The molecule has 0 aliphatic heterocycles. The van der Waals surface area contributed by atoms with Crippen molar-refractivity contribution < 1.29 is 9.15 Å². The molecule has 102 valence electrons. The van der Waals surface area contributed by atoms with Crippen LogP contribution in [0.1, 0.15) is 37.5 Å². The van der Waals surface area contributed by atoms with Gasteiger partial charge in [0.15, 0.2) is 0 Å². The molecule has 2 aromatic rings. The first kappa shape index (κ1) is 12.5. The first-order chi connectivity index (χ1) is 9.31. The fourth-order valence-electron chi connectivity index (χ4n) is 2.50. The summed E-state index contributed by atoms with van der Waals surface area (Å²) < 4.78 is 11.3. The van der Waals surface area contributed by atoms with Gasteiger partial charge < -0.3 is 14.5 Å². The first-order valence-electron chi connectivity index (χ1n) is 7.13. The topological polar surface area (TPSA) is 34.4 Å². The maximum Gasteiger partial charge on any atom is 0.138 e. The molecule has 1 saturated carbocycles. The zero-order valence-electron chi connectivity index (χ0n) is 11.7. The van der Waals surface area contributed by atoms with Gasteiger partial charge in [0.25, 0.3) is 0 Å². The Kier molecular flexibility index (Phi) is 3.47. The molecular formula is C16H21NO2. The van der Waals surface area contributed by atoms with E-state index in [1.165, 1.54) is 23.8 Å². The largest absolute Gasteiger partial charge is 0.497 e. The normalized spacial score (nSPS) is 15.1. The molecule has 1 aliphatic carbocycles. The molecule has 3 heteroatoms. The van der Waals surface area contributed by atoms with Crippen molar-refractivity contribution in [2.24, 2.45) is 0 Å². The summed E-state index contributed by atoms with van der Waals surface area (Å²) in [7, 11) is 1.69. The average molecular weight is 259 g/mol. The highest BCUT2D eigenvalue weighted by Gasteiger charge is 2.22. The first-order valence-corrected chi connectivity index (χ1v) is 7.13. The van der Waals surface area contributed by atoms with Gasteiger partial charge in [0.2, 0.25) is 0 Å². The summed E-state index contributed by atoms with van der Waals surface area (Å²) in [6.45, 7) is 3.05. The van der Waals surface area contributed by atoms with Crippen LogP contribution < -0.4 is 10.1 Å². The Balaban J connectivity index is 1.94. The number of methoxy groups -OCH3 is 1. The number of hydrogen-bond donors (Lipinski definition) is 1. The predicted molar refractivity (Wildman–Crippen MR) is 76.6 cm³/mol. The quantitative estimate of drug-likeness (QED) is 0.860. The number of hydrogen-bond acceptors (Lipinski definition) is 3. The molecule has 1 aromatic carbocycles. The fourth-order valence-corrected chi connectivity index (χ4v) is 2.50. The molecule has 1 heterocycles. The highest BCUT2D eigenvalue weighted by molar-refractivity contribution is 5.83. The van der Waals surface area contributed by atoms with Crippen LogP contribution in [0, 0.1) is 0 Å². The number of aryl methyl sites for hydroxylation is 1. The number of benzene rings is 1. The molecule has 0 saturated heterocycles. The minimum atomic E-state index is 0.706. The van der Waals surface area contributed by atoms with Gasteiger partial charge in [0, 0.05) is 23.1 Å². The van der Waals surface area contributed by atoms with Crippen LogP contribution in [0.15, 0.2) is 22.6 Å². The Morgan fingerprint density at radius 2 is 2.21 bits per heavy atom. The second-order valence-electron chi connectivity index (χ2n) is 5.27. The van der Waals surface area contributed by atoms with Gasteiger partial charge in [-0.25, -0.2) is 0 Å². The van der Waals surface area contributed by atoms with E-state index in [0.717, 1.165) is 36.5 Å². The Bertz CT molecular complexity index is 569. The van der Waals surface area contributed by atoms with Crippen molar-refractivity contribution in [2.75, 3.05) is 7.11 Å². The van der Waals surface area contributed by atoms with E-state index in [1.54, 1.807) is 7.11 Å². The average Bonchev–Trinajstić information content (AvgIpc) is 3.20. The lowest BCUT2D eigenvalue weighted by molar-refractivity contribution is 0.414. The van der Waals surface area contributed by atoms with Crippen LogP contribution in [0.5, 0.6) is 5.75 Å². The van der Waals surface area contributed by atoms with Crippen molar-refractivity contribution in [2.45, 2.75) is 45.2 Å². The van der Waals surface area contributed by atoms with E-state index in [0.29, 0.717) is 6.04 Å². The van der Waals surface area contributed by atoms with E-state index in [2.05, 4.69) is 18.3 Å². The highest BCUT2D eigenvalue weighted by atomic mass is 16.5. The molecule has 3 nitrogen and oxygen atoms in total. The summed E-state index contributed by atoms with van der Waals surface area (Å²) in [5, 5.41) is 4.77. The van der Waals surface area contributed by atoms with Gasteiger partial charge in [-0.1, -0.05) is 13.3 Å². The number of rotatable bonds is 6. The van der Waals surface area contributed by atoms with Crippen LogP contribution in [-0.4, -0.2) is 13.2 Å². The molecule has 0 spiro atoms. The van der Waals surface area contributed by atoms with E-state index >= 15 is 0 Å². The van der Waals surface area contributed by atoms with Crippen molar-refractivity contribution >= 4 is 11.0 Å². The summed E-state index contributed by atoms with van der Waals surface area (Å²) in [6, 6.07) is 6.81. The van der Waals surface area contributed by atoms with Crippen LogP contribution in [-0.2, 0) is 13.0 Å². The fraction of sp³-hybridized carbons (Fsp3) is 0.500. The lowest BCUT2D eigenvalue weighted by Crippen LogP contribution is -2.15. The van der Waals surface area contributed by atoms with Crippen LogP contribution in [0.4, 0.5) is 0 Å². The van der Waals surface area contributed by atoms with Gasteiger partial charge in [0.05, 0.1) is 13.7 Å². The molecule has 1 aliphatic rings. The van der Waals surface area contributed by atoms with Gasteiger partial charge >= 0.3 is 0 Å². The Labute approximate surface area is 113 Å².